The summed E-state index contributed by atoms with van der Waals surface area (Å²) in [7, 11) is 1.59. The highest BCUT2D eigenvalue weighted by atomic mass is 127. The lowest BCUT2D eigenvalue weighted by atomic mass is 10.2. The maximum absolute atomic E-state index is 12.5. The number of hydrogen-bond donors (Lipinski definition) is 2. The summed E-state index contributed by atoms with van der Waals surface area (Å²) < 4.78 is 8.40. The van der Waals surface area contributed by atoms with Gasteiger partial charge in [-0.15, -0.1) is 16.8 Å². The van der Waals surface area contributed by atoms with E-state index in [0.717, 1.165) is 17.1 Å². The predicted molar refractivity (Wildman–Crippen MR) is 141 cm³/mol. The number of thioether (sulfide) groups is 1. The molecule has 0 bridgehead atoms. The zero-order valence-corrected chi connectivity index (χ0v) is 21.3. The smallest absolute Gasteiger partial charge is 0.253 e. The molecular formula is C23H25IN6O2S. The van der Waals surface area contributed by atoms with Crippen molar-refractivity contribution in [2.24, 2.45) is 5.10 Å². The Morgan fingerprint density at radius 1 is 1.27 bits per heavy atom. The Labute approximate surface area is 211 Å². The minimum atomic E-state index is -0.426. The van der Waals surface area contributed by atoms with Crippen molar-refractivity contribution in [3.63, 3.8) is 0 Å². The van der Waals surface area contributed by atoms with Crippen LogP contribution in [0.5, 0.6) is 5.75 Å². The molecule has 8 nitrogen and oxygen atoms in total. The quantitative estimate of drug-likeness (QED) is 0.116. The van der Waals surface area contributed by atoms with Crippen LogP contribution in [0.4, 0.5) is 5.69 Å². The van der Waals surface area contributed by atoms with Crippen molar-refractivity contribution in [1.29, 1.82) is 0 Å². The molecule has 33 heavy (non-hydrogen) atoms. The molecule has 3 rings (SSSR count). The van der Waals surface area contributed by atoms with Gasteiger partial charge in [-0.05, 0) is 65.9 Å². The van der Waals surface area contributed by atoms with Crippen molar-refractivity contribution in [1.82, 2.24) is 20.2 Å². The molecule has 1 atom stereocenters. The van der Waals surface area contributed by atoms with Crippen molar-refractivity contribution >= 4 is 52.2 Å². The van der Waals surface area contributed by atoms with Crippen molar-refractivity contribution in [2.45, 2.75) is 30.4 Å². The first-order valence-corrected chi connectivity index (χ1v) is 12.1. The van der Waals surface area contributed by atoms with Gasteiger partial charge in [0.05, 0.1) is 25.1 Å². The summed E-state index contributed by atoms with van der Waals surface area (Å²) in [6, 6.07) is 15.5. The van der Waals surface area contributed by atoms with Gasteiger partial charge in [0.1, 0.15) is 5.75 Å². The molecule has 1 amide bonds. The highest BCUT2D eigenvalue weighted by Crippen LogP contribution is 2.23. The number of amides is 1. The largest absolute Gasteiger partial charge is 0.496 e. The van der Waals surface area contributed by atoms with Crippen LogP contribution in [0.3, 0.4) is 0 Å². The molecule has 2 N–H and O–H groups in total. The van der Waals surface area contributed by atoms with E-state index in [-0.39, 0.29) is 5.91 Å². The number of hydrazone groups is 1. The van der Waals surface area contributed by atoms with Crippen molar-refractivity contribution in [3.05, 3.63) is 76.1 Å². The van der Waals surface area contributed by atoms with Gasteiger partial charge in [0.25, 0.3) is 5.91 Å². The minimum Gasteiger partial charge on any atom is -0.496 e. The molecule has 1 aromatic heterocycles. The van der Waals surface area contributed by atoms with E-state index >= 15 is 0 Å². The van der Waals surface area contributed by atoms with Crippen LogP contribution in [0, 0.1) is 3.57 Å². The number of methoxy groups -OCH3 is 1. The van der Waals surface area contributed by atoms with Crippen LogP contribution in [0.25, 0.3) is 0 Å². The van der Waals surface area contributed by atoms with Crippen molar-refractivity contribution in [2.75, 3.05) is 12.4 Å². The number of hydrogen-bond acceptors (Lipinski definition) is 7. The van der Waals surface area contributed by atoms with Crippen molar-refractivity contribution < 1.29 is 9.53 Å². The fourth-order valence-electron chi connectivity index (χ4n) is 2.84. The zero-order chi connectivity index (χ0) is 23.6. The number of rotatable bonds is 11. The second-order valence-electron chi connectivity index (χ2n) is 6.89. The topological polar surface area (TPSA) is 93.4 Å². The average molecular weight is 576 g/mol. The molecule has 3 aromatic rings. The molecule has 0 aliphatic heterocycles. The number of anilines is 1. The lowest BCUT2D eigenvalue weighted by molar-refractivity contribution is -0.120. The maximum Gasteiger partial charge on any atom is 0.253 e. The summed E-state index contributed by atoms with van der Waals surface area (Å²) in [5, 5.41) is 16.2. The van der Waals surface area contributed by atoms with Gasteiger partial charge in [-0.25, -0.2) is 5.43 Å². The number of halogens is 1. The van der Waals surface area contributed by atoms with Crippen LogP contribution in [-0.4, -0.2) is 39.2 Å². The highest BCUT2D eigenvalue weighted by Gasteiger charge is 2.19. The zero-order valence-electron chi connectivity index (χ0n) is 18.4. The van der Waals surface area contributed by atoms with E-state index in [0.29, 0.717) is 24.0 Å². The Hall–Kier alpha value is -2.86. The van der Waals surface area contributed by atoms with E-state index in [2.05, 4.69) is 55.2 Å². The molecule has 0 spiro atoms. The monoisotopic (exact) mass is 576 g/mol. The number of nitrogens with one attached hydrogen (secondary N) is 2. The number of carbonyl (C=O) groups is 1. The lowest BCUT2D eigenvalue weighted by Gasteiger charge is -2.12. The molecule has 172 valence electrons. The number of benzene rings is 2. The Kier molecular flexibility index (Phi) is 9.31. The molecular weight excluding hydrogens is 551 g/mol. The van der Waals surface area contributed by atoms with Gasteiger partial charge in [-0.3, -0.25) is 4.79 Å². The second-order valence-corrected chi connectivity index (χ2v) is 9.45. The average Bonchev–Trinajstić information content (AvgIpc) is 3.20. The summed E-state index contributed by atoms with van der Waals surface area (Å²) in [4.78, 5) is 12.5. The van der Waals surface area contributed by atoms with Crippen LogP contribution in [0.1, 0.15) is 18.3 Å². The lowest BCUT2D eigenvalue weighted by Crippen LogP contribution is -2.27. The van der Waals surface area contributed by atoms with E-state index < -0.39 is 5.25 Å². The Balaban J connectivity index is 1.61. The van der Waals surface area contributed by atoms with Crippen LogP contribution in [0.15, 0.2) is 71.4 Å². The Morgan fingerprint density at radius 2 is 2.03 bits per heavy atom. The van der Waals surface area contributed by atoms with Gasteiger partial charge in [0, 0.05) is 21.4 Å². The molecule has 1 unspecified atom stereocenters. The van der Waals surface area contributed by atoms with E-state index in [1.54, 1.807) is 26.3 Å². The summed E-state index contributed by atoms with van der Waals surface area (Å²) in [5.41, 5.74) is 4.35. The number of para-hydroxylation sites is 1. The number of allylic oxidation sites excluding steroid dienone is 1. The third kappa shape index (κ3) is 7.06. The summed E-state index contributed by atoms with van der Waals surface area (Å²) in [6.07, 6.45) is 3.34. The van der Waals surface area contributed by atoms with Crippen LogP contribution >= 0.6 is 34.4 Å². The predicted octanol–water partition coefficient (Wildman–Crippen LogP) is 4.32. The molecule has 0 aliphatic carbocycles. The van der Waals surface area contributed by atoms with Crippen LogP contribution in [-0.2, 0) is 17.9 Å². The van der Waals surface area contributed by atoms with Gasteiger partial charge in [0.15, 0.2) is 11.0 Å². The third-order valence-electron chi connectivity index (χ3n) is 4.57. The molecule has 0 aliphatic rings. The molecule has 1 heterocycles. The Bertz CT molecular complexity index is 1120. The molecule has 0 fully saturated rings. The second kappa shape index (κ2) is 12.4. The SMILES string of the molecule is C=CCn1c(CNc2ccc(I)cc2)nnc1SC(C)C(=O)N/N=C/c1ccccc1OC. The van der Waals surface area contributed by atoms with Crippen LogP contribution in [0.2, 0.25) is 0 Å². The first-order valence-electron chi connectivity index (χ1n) is 10.2. The fraction of sp³-hybridized carbons (Fsp3) is 0.217. The summed E-state index contributed by atoms with van der Waals surface area (Å²) in [6.45, 7) is 6.68. The molecule has 0 saturated carbocycles. The maximum atomic E-state index is 12.5. The molecule has 2 aromatic carbocycles. The summed E-state index contributed by atoms with van der Waals surface area (Å²) in [5.74, 6) is 1.21. The molecule has 0 radical (unpaired) electrons. The van der Waals surface area contributed by atoms with Gasteiger partial charge in [-0.2, -0.15) is 5.10 Å². The van der Waals surface area contributed by atoms with Gasteiger partial charge < -0.3 is 14.6 Å². The molecule has 10 heteroatoms. The first kappa shape index (κ1) is 24.8. The fourth-order valence-corrected chi connectivity index (χ4v) is 4.07. The van der Waals surface area contributed by atoms with E-state index in [4.69, 9.17) is 4.74 Å². The van der Waals surface area contributed by atoms with Gasteiger partial charge in [-0.1, -0.05) is 30.0 Å². The van der Waals surface area contributed by atoms with E-state index in [9.17, 15) is 4.79 Å². The highest BCUT2D eigenvalue weighted by molar-refractivity contribution is 14.1. The number of nitrogens with zero attached hydrogens (tertiary/aromatic N) is 4. The number of ether oxygens (including phenoxy) is 1. The van der Waals surface area contributed by atoms with Crippen LogP contribution < -0.4 is 15.5 Å². The summed E-state index contributed by atoms with van der Waals surface area (Å²) >= 11 is 3.59. The Morgan fingerprint density at radius 3 is 2.76 bits per heavy atom. The van der Waals surface area contributed by atoms with Gasteiger partial charge >= 0.3 is 0 Å². The third-order valence-corrected chi connectivity index (χ3v) is 6.37. The van der Waals surface area contributed by atoms with E-state index in [1.807, 2.05) is 53.1 Å². The number of carbonyl (C=O) groups excluding carboxylic acids is 1. The van der Waals surface area contributed by atoms with Gasteiger partial charge in [0.2, 0.25) is 0 Å². The van der Waals surface area contributed by atoms with Crippen molar-refractivity contribution in [3.8, 4) is 5.75 Å². The molecule has 0 saturated heterocycles. The normalized spacial score (nSPS) is 11.8. The number of aromatic nitrogens is 3. The first-order chi connectivity index (χ1) is 16.0. The minimum absolute atomic E-state index is 0.238. The standard InChI is InChI=1S/C23H25IN6O2S/c1-4-13-30-21(15-25-19-11-9-18(24)10-12-19)27-29-23(30)33-16(2)22(31)28-26-14-17-7-5-6-8-20(17)32-3/h4-12,14,16,25H,1,13,15H2,2-3H3,(H,28,31)/b26-14+. The van der Waals surface area contributed by atoms with E-state index in [1.165, 1.54) is 15.3 Å².